The van der Waals surface area contributed by atoms with Gasteiger partial charge in [0.1, 0.15) is 5.75 Å². The summed E-state index contributed by atoms with van der Waals surface area (Å²) in [7, 11) is 1.65. The molecule has 0 atom stereocenters. The fourth-order valence-corrected chi connectivity index (χ4v) is 1.97. The zero-order valence-corrected chi connectivity index (χ0v) is 11.3. The predicted octanol–water partition coefficient (Wildman–Crippen LogP) is 2.77. The fraction of sp³-hybridized carbons (Fsp3) is 0.250. The van der Waals surface area contributed by atoms with Crippen molar-refractivity contribution >= 4 is 16.7 Å². The van der Waals surface area contributed by atoms with Gasteiger partial charge in [-0.15, -0.1) is 0 Å². The van der Waals surface area contributed by atoms with Crippen LogP contribution in [0.25, 0.3) is 10.8 Å². The second-order valence-corrected chi connectivity index (χ2v) is 4.48. The van der Waals surface area contributed by atoms with E-state index in [1.807, 2.05) is 42.5 Å². The topological polar surface area (TPSA) is 62.1 Å². The maximum atomic E-state index is 11.4. The number of amides is 1. The largest absolute Gasteiger partial charge is 0.497 e. The molecular formula is C16H16N2O2. The Morgan fingerprint density at radius 3 is 2.75 bits per heavy atom. The summed E-state index contributed by atoms with van der Waals surface area (Å²) in [5.74, 6) is 0.733. The molecule has 0 saturated heterocycles. The molecule has 0 bridgehead atoms. The highest BCUT2D eigenvalue weighted by Gasteiger charge is 2.02. The van der Waals surface area contributed by atoms with Crippen LogP contribution >= 0.6 is 0 Å². The summed E-state index contributed by atoms with van der Waals surface area (Å²) in [5.41, 5.74) is 1.04. The van der Waals surface area contributed by atoms with Gasteiger partial charge in [0.05, 0.1) is 13.2 Å². The summed E-state index contributed by atoms with van der Waals surface area (Å²) >= 11 is 0. The number of benzene rings is 2. The molecule has 0 spiro atoms. The number of nitriles is 1. The van der Waals surface area contributed by atoms with Gasteiger partial charge >= 0.3 is 0 Å². The molecule has 0 aromatic heterocycles. The average Bonchev–Trinajstić information content (AvgIpc) is 2.50. The van der Waals surface area contributed by atoms with E-state index in [1.165, 1.54) is 0 Å². The molecule has 0 heterocycles. The molecule has 2 aromatic carbocycles. The Kier molecular flexibility index (Phi) is 4.56. The second-order valence-electron chi connectivity index (χ2n) is 4.48. The van der Waals surface area contributed by atoms with Crippen molar-refractivity contribution in [2.24, 2.45) is 0 Å². The zero-order chi connectivity index (χ0) is 14.4. The molecule has 2 rings (SSSR count). The van der Waals surface area contributed by atoms with E-state index in [4.69, 9.17) is 10.00 Å². The van der Waals surface area contributed by atoms with Crippen molar-refractivity contribution in [3.8, 4) is 11.8 Å². The van der Waals surface area contributed by atoms with E-state index in [0.717, 1.165) is 22.1 Å². The normalized spacial score (nSPS) is 10.0. The van der Waals surface area contributed by atoms with Crippen LogP contribution in [0.15, 0.2) is 36.4 Å². The van der Waals surface area contributed by atoms with Gasteiger partial charge in [0.25, 0.3) is 0 Å². The molecule has 0 radical (unpaired) electrons. The third-order valence-corrected chi connectivity index (χ3v) is 3.07. The van der Waals surface area contributed by atoms with Crippen LogP contribution in [0.3, 0.4) is 0 Å². The van der Waals surface area contributed by atoms with Gasteiger partial charge in [0, 0.05) is 19.4 Å². The molecule has 0 unspecified atom stereocenters. The second kappa shape index (κ2) is 6.58. The number of carbonyl (C=O) groups excluding carboxylic acids is 1. The summed E-state index contributed by atoms with van der Waals surface area (Å²) in [6, 6.07) is 13.9. The Morgan fingerprint density at radius 1 is 1.25 bits per heavy atom. The Labute approximate surface area is 118 Å². The lowest BCUT2D eigenvalue weighted by Gasteiger charge is -2.07. The first-order valence-electron chi connectivity index (χ1n) is 6.43. The van der Waals surface area contributed by atoms with Gasteiger partial charge in [-0.25, -0.2) is 0 Å². The van der Waals surface area contributed by atoms with Crippen molar-refractivity contribution < 1.29 is 9.53 Å². The summed E-state index contributed by atoms with van der Waals surface area (Å²) in [5, 5.41) is 13.4. The number of methoxy groups -OCH3 is 1. The predicted molar refractivity (Wildman–Crippen MR) is 77.2 cm³/mol. The van der Waals surface area contributed by atoms with Crippen molar-refractivity contribution in [2.75, 3.05) is 7.11 Å². The standard InChI is InChI=1S/C16H16N2O2/c1-20-15-7-6-13-9-12(4-5-14(13)10-15)11-18-16(19)3-2-8-17/h4-7,9-10H,2-3,11H2,1H3,(H,18,19). The van der Waals surface area contributed by atoms with Gasteiger partial charge in [0.2, 0.25) is 5.91 Å². The highest BCUT2D eigenvalue weighted by molar-refractivity contribution is 5.84. The highest BCUT2D eigenvalue weighted by Crippen LogP contribution is 2.21. The molecule has 0 aliphatic rings. The zero-order valence-electron chi connectivity index (χ0n) is 11.3. The highest BCUT2D eigenvalue weighted by atomic mass is 16.5. The monoisotopic (exact) mass is 268 g/mol. The molecule has 4 nitrogen and oxygen atoms in total. The van der Waals surface area contributed by atoms with Gasteiger partial charge in [-0.1, -0.05) is 18.2 Å². The number of nitrogens with zero attached hydrogens (tertiary/aromatic N) is 1. The Bertz CT molecular complexity index is 659. The van der Waals surface area contributed by atoms with Crippen molar-refractivity contribution in [1.29, 1.82) is 5.26 Å². The molecule has 1 amide bonds. The smallest absolute Gasteiger partial charge is 0.221 e. The number of nitrogens with one attached hydrogen (secondary N) is 1. The molecule has 20 heavy (non-hydrogen) atoms. The molecule has 0 aliphatic carbocycles. The van der Waals surface area contributed by atoms with E-state index < -0.39 is 0 Å². The van der Waals surface area contributed by atoms with Gasteiger partial charge in [-0.2, -0.15) is 5.26 Å². The van der Waals surface area contributed by atoms with Crippen molar-refractivity contribution in [2.45, 2.75) is 19.4 Å². The minimum Gasteiger partial charge on any atom is -0.497 e. The number of hydrogen-bond acceptors (Lipinski definition) is 3. The third-order valence-electron chi connectivity index (χ3n) is 3.07. The summed E-state index contributed by atoms with van der Waals surface area (Å²) < 4.78 is 5.19. The minimum absolute atomic E-state index is 0.0959. The van der Waals surface area contributed by atoms with E-state index >= 15 is 0 Å². The van der Waals surface area contributed by atoms with Gasteiger partial charge in [-0.05, 0) is 34.5 Å². The Morgan fingerprint density at radius 2 is 2.00 bits per heavy atom. The molecule has 0 saturated carbocycles. The van der Waals surface area contributed by atoms with Gasteiger partial charge in [0.15, 0.2) is 0 Å². The van der Waals surface area contributed by atoms with Crippen LogP contribution in [-0.4, -0.2) is 13.0 Å². The Balaban J connectivity index is 2.05. The van der Waals surface area contributed by atoms with Crippen molar-refractivity contribution in [1.82, 2.24) is 5.32 Å². The van der Waals surface area contributed by atoms with E-state index in [-0.39, 0.29) is 18.7 Å². The van der Waals surface area contributed by atoms with Crippen LogP contribution in [0, 0.1) is 11.3 Å². The van der Waals surface area contributed by atoms with Crippen LogP contribution in [0.2, 0.25) is 0 Å². The molecule has 4 heteroatoms. The molecule has 1 N–H and O–H groups in total. The summed E-state index contributed by atoms with van der Waals surface area (Å²) in [4.78, 5) is 11.4. The van der Waals surface area contributed by atoms with E-state index in [2.05, 4.69) is 5.32 Å². The van der Waals surface area contributed by atoms with Crippen LogP contribution in [0.5, 0.6) is 5.75 Å². The lowest BCUT2D eigenvalue weighted by atomic mass is 10.1. The van der Waals surface area contributed by atoms with E-state index in [9.17, 15) is 4.79 Å². The van der Waals surface area contributed by atoms with Crippen molar-refractivity contribution in [3.63, 3.8) is 0 Å². The van der Waals surface area contributed by atoms with E-state index in [1.54, 1.807) is 7.11 Å². The van der Waals surface area contributed by atoms with Crippen LogP contribution in [0.1, 0.15) is 18.4 Å². The van der Waals surface area contributed by atoms with Crippen molar-refractivity contribution in [3.05, 3.63) is 42.0 Å². The quantitative estimate of drug-likeness (QED) is 0.907. The molecule has 102 valence electrons. The average molecular weight is 268 g/mol. The lowest BCUT2D eigenvalue weighted by Crippen LogP contribution is -2.22. The fourth-order valence-electron chi connectivity index (χ4n) is 1.97. The number of carbonyl (C=O) groups is 1. The van der Waals surface area contributed by atoms with Gasteiger partial charge in [-0.3, -0.25) is 4.79 Å². The maximum Gasteiger partial charge on any atom is 0.221 e. The first-order valence-corrected chi connectivity index (χ1v) is 6.43. The Hall–Kier alpha value is -2.54. The first kappa shape index (κ1) is 13.9. The molecule has 0 aliphatic heterocycles. The van der Waals surface area contributed by atoms with E-state index in [0.29, 0.717) is 6.54 Å². The van der Waals surface area contributed by atoms with Crippen LogP contribution < -0.4 is 10.1 Å². The first-order chi connectivity index (χ1) is 9.72. The minimum atomic E-state index is -0.0959. The third kappa shape index (κ3) is 3.48. The number of ether oxygens (including phenoxy) is 1. The number of hydrogen-bond donors (Lipinski definition) is 1. The molecular weight excluding hydrogens is 252 g/mol. The van der Waals surface area contributed by atoms with Gasteiger partial charge < -0.3 is 10.1 Å². The molecule has 2 aromatic rings. The lowest BCUT2D eigenvalue weighted by molar-refractivity contribution is -0.121. The summed E-state index contributed by atoms with van der Waals surface area (Å²) in [6.45, 7) is 0.478. The maximum absolute atomic E-state index is 11.4. The molecule has 0 fully saturated rings. The van der Waals surface area contributed by atoms with Crippen LogP contribution in [0.4, 0.5) is 0 Å². The SMILES string of the molecule is COc1ccc2cc(CNC(=O)CCC#N)ccc2c1. The number of fused-ring (bicyclic) bond motifs is 1. The number of rotatable bonds is 5. The summed E-state index contributed by atoms with van der Waals surface area (Å²) in [6.07, 6.45) is 0.505. The van der Waals surface area contributed by atoms with Crippen LogP contribution in [-0.2, 0) is 11.3 Å².